The topological polar surface area (TPSA) is 172 Å². The predicted molar refractivity (Wildman–Crippen MR) is 119 cm³/mol. The van der Waals surface area contributed by atoms with Gasteiger partial charge in [0.15, 0.2) is 11.5 Å². The van der Waals surface area contributed by atoms with Gasteiger partial charge in [-0.1, -0.05) is 6.07 Å². The van der Waals surface area contributed by atoms with Gasteiger partial charge in [0.2, 0.25) is 12.5 Å². The molecule has 13 heteroatoms. The summed E-state index contributed by atoms with van der Waals surface area (Å²) in [6.07, 6.45) is 1.07. The van der Waals surface area contributed by atoms with Gasteiger partial charge >= 0.3 is 11.7 Å². The van der Waals surface area contributed by atoms with E-state index in [1.165, 1.54) is 42.5 Å². The van der Waals surface area contributed by atoms with E-state index in [1.807, 2.05) is 0 Å². The fraction of sp³-hybridized carbons (Fsp3) is 0.0455. The second kappa shape index (κ2) is 9.66. The zero-order valence-corrected chi connectivity index (χ0v) is 17.6. The van der Waals surface area contributed by atoms with Gasteiger partial charge in [-0.2, -0.15) is 5.10 Å². The molecule has 35 heavy (non-hydrogen) atoms. The van der Waals surface area contributed by atoms with Gasteiger partial charge in [0, 0.05) is 29.3 Å². The second-order valence-corrected chi connectivity index (χ2v) is 6.91. The quantitative estimate of drug-likeness (QED) is 0.176. The minimum atomic E-state index is -0.887. The number of nitro groups is 2. The van der Waals surface area contributed by atoms with Gasteiger partial charge in [0.05, 0.1) is 21.6 Å². The number of benzene rings is 3. The molecule has 0 saturated carbocycles. The Morgan fingerprint density at radius 3 is 2.37 bits per heavy atom. The van der Waals surface area contributed by atoms with Gasteiger partial charge in [-0.3, -0.25) is 25.0 Å². The van der Waals surface area contributed by atoms with E-state index in [-0.39, 0.29) is 34.9 Å². The first kappa shape index (κ1) is 22.8. The van der Waals surface area contributed by atoms with E-state index in [0.29, 0.717) is 11.5 Å². The number of hydrogen-bond donors (Lipinski definition) is 1. The lowest BCUT2D eigenvalue weighted by Crippen LogP contribution is -2.17. The molecule has 0 saturated heterocycles. The highest BCUT2D eigenvalue weighted by Gasteiger charge is 2.24. The van der Waals surface area contributed by atoms with E-state index in [1.54, 1.807) is 0 Å². The number of esters is 1. The first-order valence-corrected chi connectivity index (χ1v) is 9.80. The molecule has 3 aromatic carbocycles. The average Bonchev–Trinajstić information content (AvgIpc) is 3.32. The lowest BCUT2D eigenvalue weighted by Gasteiger charge is -2.08. The first-order chi connectivity index (χ1) is 16.8. The molecule has 0 aliphatic carbocycles. The van der Waals surface area contributed by atoms with Crippen LogP contribution in [0.4, 0.5) is 11.4 Å². The summed E-state index contributed by atoms with van der Waals surface area (Å²) >= 11 is 0. The SMILES string of the molecule is O=C(N/N=C/c1cccc([N+](=O)[O-])c1OC(=O)c1ccc2c(c1)OCO2)c1ccc([N+](=O)[O-])cc1. The first-order valence-electron chi connectivity index (χ1n) is 9.80. The molecule has 4 rings (SSSR count). The van der Waals surface area contributed by atoms with Gasteiger partial charge in [0.1, 0.15) is 0 Å². The van der Waals surface area contributed by atoms with Gasteiger partial charge in [0.25, 0.3) is 11.6 Å². The number of amides is 1. The standard InChI is InChI=1S/C22H14N4O9/c27-21(13-4-7-16(8-5-13)25(29)30)24-23-11-15-2-1-3-17(26(31)32)20(15)35-22(28)14-6-9-18-19(10-14)34-12-33-18/h1-11H,12H2,(H,24,27)/b23-11+. The van der Waals surface area contributed by atoms with E-state index < -0.39 is 27.4 Å². The molecule has 0 atom stereocenters. The van der Waals surface area contributed by atoms with Crippen LogP contribution in [0.15, 0.2) is 65.8 Å². The van der Waals surface area contributed by atoms with Crippen LogP contribution in [0.25, 0.3) is 0 Å². The summed E-state index contributed by atoms with van der Waals surface area (Å²) in [5.74, 6) is -1.17. The molecule has 176 valence electrons. The number of hydrazone groups is 1. The number of rotatable bonds is 7. The third-order valence-electron chi connectivity index (χ3n) is 4.73. The smallest absolute Gasteiger partial charge is 0.343 e. The van der Waals surface area contributed by atoms with Crippen LogP contribution in [0.1, 0.15) is 26.3 Å². The fourth-order valence-electron chi connectivity index (χ4n) is 3.03. The van der Waals surface area contributed by atoms with E-state index in [4.69, 9.17) is 14.2 Å². The Balaban J connectivity index is 1.54. The van der Waals surface area contributed by atoms with E-state index in [0.717, 1.165) is 24.4 Å². The van der Waals surface area contributed by atoms with Crippen molar-refractivity contribution in [3.05, 3.63) is 97.6 Å². The third-order valence-corrected chi connectivity index (χ3v) is 4.73. The molecule has 0 unspecified atom stereocenters. The number of nitrogens with zero attached hydrogens (tertiary/aromatic N) is 3. The molecule has 0 spiro atoms. The Hall–Kier alpha value is -5.33. The van der Waals surface area contributed by atoms with Gasteiger partial charge in [-0.15, -0.1) is 0 Å². The van der Waals surface area contributed by atoms with Crippen LogP contribution in [-0.4, -0.2) is 34.7 Å². The van der Waals surface area contributed by atoms with Crippen LogP contribution in [0.5, 0.6) is 17.2 Å². The number of carbonyl (C=O) groups is 2. The van der Waals surface area contributed by atoms with Crippen molar-refractivity contribution in [1.82, 2.24) is 5.43 Å². The van der Waals surface area contributed by atoms with Crippen molar-refractivity contribution in [3.63, 3.8) is 0 Å². The summed E-state index contributed by atoms with van der Waals surface area (Å²) < 4.78 is 15.7. The Kier molecular flexibility index (Phi) is 6.31. The fourth-order valence-corrected chi connectivity index (χ4v) is 3.03. The van der Waals surface area contributed by atoms with Crippen LogP contribution in [0, 0.1) is 20.2 Å². The average molecular weight is 478 g/mol. The molecule has 1 aliphatic rings. The number of non-ortho nitro benzene ring substituents is 1. The van der Waals surface area contributed by atoms with Gasteiger partial charge in [-0.25, -0.2) is 10.2 Å². The molecule has 0 radical (unpaired) electrons. The molecule has 3 aromatic rings. The summed E-state index contributed by atoms with van der Waals surface area (Å²) in [6, 6.07) is 13.0. The zero-order chi connectivity index (χ0) is 24.9. The van der Waals surface area contributed by atoms with Crippen molar-refractivity contribution in [3.8, 4) is 17.2 Å². The lowest BCUT2D eigenvalue weighted by atomic mass is 10.1. The molecule has 1 aliphatic heterocycles. The van der Waals surface area contributed by atoms with Crippen molar-refractivity contribution in [2.24, 2.45) is 5.10 Å². The monoisotopic (exact) mass is 478 g/mol. The summed E-state index contributed by atoms with van der Waals surface area (Å²) in [5.41, 5.74) is 1.73. The number of carbonyl (C=O) groups excluding carboxylic acids is 2. The number of ether oxygens (including phenoxy) is 3. The van der Waals surface area contributed by atoms with Crippen LogP contribution in [0.3, 0.4) is 0 Å². The summed E-state index contributed by atoms with van der Waals surface area (Å²) in [7, 11) is 0. The maximum Gasteiger partial charge on any atom is 0.343 e. The molecule has 0 aromatic heterocycles. The Labute approximate surface area is 195 Å². The second-order valence-electron chi connectivity index (χ2n) is 6.91. The Morgan fingerprint density at radius 1 is 0.943 bits per heavy atom. The summed E-state index contributed by atoms with van der Waals surface area (Å²) in [4.78, 5) is 45.8. The normalized spacial score (nSPS) is 11.8. The van der Waals surface area contributed by atoms with E-state index >= 15 is 0 Å². The van der Waals surface area contributed by atoms with E-state index in [2.05, 4.69) is 10.5 Å². The van der Waals surface area contributed by atoms with Crippen LogP contribution in [0.2, 0.25) is 0 Å². The highest BCUT2D eigenvalue weighted by Crippen LogP contribution is 2.34. The highest BCUT2D eigenvalue weighted by atomic mass is 16.7. The molecule has 0 bridgehead atoms. The molecule has 13 nitrogen and oxygen atoms in total. The number of para-hydroxylation sites is 1. The largest absolute Gasteiger partial charge is 0.454 e. The minimum Gasteiger partial charge on any atom is -0.454 e. The molecular weight excluding hydrogens is 464 g/mol. The maximum absolute atomic E-state index is 12.7. The lowest BCUT2D eigenvalue weighted by molar-refractivity contribution is -0.385. The van der Waals surface area contributed by atoms with Crippen molar-refractivity contribution in [1.29, 1.82) is 0 Å². The molecule has 1 N–H and O–H groups in total. The Morgan fingerprint density at radius 2 is 1.66 bits per heavy atom. The van der Waals surface area contributed by atoms with Crippen LogP contribution < -0.4 is 19.6 Å². The predicted octanol–water partition coefficient (Wildman–Crippen LogP) is 3.21. The highest BCUT2D eigenvalue weighted by molar-refractivity contribution is 5.97. The zero-order valence-electron chi connectivity index (χ0n) is 17.6. The van der Waals surface area contributed by atoms with E-state index in [9.17, 15) is 29.8 Å². The maximum atomic E-state index is 12.7. The number of fused-ring (bicyclic) bond motifs is 1. The Bertz CT molecular complexity index is 1370. The van der Waals surface area contributed by atoms with Crippen molar-refractivity contribution in [2.75, 3.05) is 6.79 Å². The summed E-state index contributed by atoms with van der Waals surface area (Å²) in [6.45, 7) is 0.00416. The molecule has 1 heterocycles. The van der Waals surface area contributed by atoms with Gasteiger partial charge in [-0.05, 0) is 36.4 Å². The van der Waals surface area contributed by atoms with Crippen LogP contribution >= 0.6 is 0 Å². The number of nitrogens with one attached hydrogen (secondary N) is 1. The summed E-state index contributed by atoms with van der Waals surface area (Å²) in [5, 5.41) is 26.0. The number of nitro benzene ring substituents is 2. The van der Waals surface area contributed by atoms with Crippen LogP contribution in [-0.2, 0) is 0 Å². The molecule has 1 amide bonds. The minimum absolute atomic E-state index is 0.00416. The van der Waals surface area contributed by atoms with Gasteiger partial charge < -0.3 is 14.2 Å². The number of hydrogen-bond acceptors (Lipinski definition) is 10. The molecular formula is C22H14N4O9. The van der Waals surface area contributed by atoms with Crippen molar-refractivity contribution < 1.29 is 33.6 Å². The third kappa shape index (κ3) is 5.03. The van der Waals surface area contributed by atoms with Crippen molar-refractivity contribution in [2.45, 2.75) is 0 Å². The molecule has 0 fully saturated rings. The van der Waals surface area contributed by atoms with Crippen molar-refractivity contribution >= 4 is 29.5 Å².